The first-order valence-corrected chi connectivity index (χ1v) is 8.50. The van der Waals surface area contributed by atoms with Crippen LogP contribution in [0.4, 0.5) is 4.79 Å². The van der Waals surface area contributed by atoms with E-state index in [-0.39, 0.29) is 11.9 Å². The maximum Gasteiger partial charge on any atom is 0.314 e. The number of esters is 1. The molecule has 3 rings (SSSR count). The lowest BCUT2D eigenvalue weighted by atomic mass is 9.97. The van der Waals surface area contributed by atoms with Crippen molar-refractivity contribution in [1.82, 2.24) is 4.90 Å². The fraction of sp³-hybridized carbons (Fsp3) is 0.300. The lowest BCUT2D eigenvalue weighted by molar-refractivity contribution is -0.154. The summed E-state index contributed by atoms with van der Waals surface area (Å²) in [6.07, 6.45) is 1.00. The van der Waals surface area contributed by atoms with Crippen LogP contribution in [0.2, 0.25) is 0 Å². The van der Waals surface area contributed by atoms with E-state index in [0.29, 0.717) is 19.5 Å². The number of hydrogen-bond donors (Lipinski definition) is 1. The van der Waals surface area contributed by atoms with Gasteiger partial charge >= 0.3 is 12.0 Å². The van der Waals surface area contributed by atoms with Crippen molar-refractivity contribution >= 4 is 12.0 Å². The second-order valence-corrected chi connectivity index (χ2v) is 6.26. The predicted molar refractivity (Wildman–Crippen MR) is 94.7 cm³/mol. The standard InChI is InChI=1S/C20H22N2O3/c21-20(24)22-13-7-12-17(14-22)19(23)25-18(15-8-3-1-4-9-15)16-10-5-2-6-11-16/h1-6,8-11,17-18H,7,12-14H2,(H2,21,24)/t17-/m1/s1. The summed E-state index contributed by atoms with van der Waals surface area (Å²) in [4.78, 5) is 25.6. The van der Waals surface area contributed by atoms with Crippen molar-refractivity contribution in [3.63, 3.8) is 0 Å². The van der Waals surface area contributed by atoms with Crippen molar-refractivity contribution in [3.05, 3.63) is 71.8 Å². The van der Waals surface area contributed by atoms with Crippen LogP contribution in [0, 0.1) is 5.92 Å². The second-order valence-electron chi connectivity index (χ2n) is 6.26. The molecule has 1 saturated heterocycles. The lowest BCUT2D eigenvalue weighted by Gasteiger charge is -2.31. The van der Waals surface area contributed by atoms with Gasteiger partial charge in [-0.05, 0) is 24.0 Å². The fourth-order valence-corrected chi connectivity index (χ4v) is 3.17. The van der Waals surface area contributed by atoms with Gasteiger partial charge in [-0.25, -0.2) is 4.79 Å². The number of primary amides is 1. The molecule has 2 aromatic carbocycles. The van der Waals surface area contributed by atoms with Gasteiger partial charge in [0.25, 0.3) is 0 Å². The van der Waals surface area contributed by atoms with Crippen LogP contribution in [0.1, 0.15) is 30.1 Å². The van der Waals surface area contributed by atoms with E-state index in [1.165, 1.54) is 4.90 Å². The van der Waals surface area contributed by atoms with E-state index >= 15 is 0 Å². The van der Waals surface area contributed by atoms with Crippen molar-refractivity contribution in [2.24, 2.45) is 11.7 Å². The van der Waals surface area contributed by atoms with Crippen LogP contribution in [0.5, 0.6) is 0 Å². The first kappa shape index (κ1) is 17.0. The molecular formula is C20H22N2O3. The molecule has 1 aliphatic heterocycles. The molecule has 2 amide bonds. The van der Waals surface area contributed by atoms with Crippen LogP contribution >= 0.6 is 0 Å². The number of urea groups is 1. The average molecular weight is 338 g/mol. The number of carbonyl (C=O) groups excluding carboxylic acids is 2. The first-order valence-electron chi connectivity index (χ1n) is 8.50. The average Bonchev–Trinajstić information content (AvgIpc) is 2.67. The van der Waals surface area contributed by atoms with Gasteiger partial charge in [0.05, 0.1) is 5.92 Å². The van der Waals surface area contributed by atoms with Crippen LogP contribution in [0.3, 0.4) is 0 Å². The van der Waals surface area contributed by atoms with Gasteiger partial charge in [-0.15, -0.1) is 0 Å². The molecule has 1 heterocycles. The molecule has 1 aliphatic rings. The number of amides is 2. The highest BCUT2D eigenvalue weighted by molar-refractivity contribution is 5.76. The minimum absolute atomic E-state index is 0.288. The number of likely N-dealkylation sites (tertiary alicyclic amines) is 1. The molecule has 2 N–H and O–H groups in total. The topological polar surface area (TPSA) is 72.6 Å². The Balaban J connectivity index is 1.78. The summed E-state index contributed by atoms with van der Waals surface area (Å²) < 4.78 is 5.87. The molecule has 5 heteroatoms. The molecule has 0 aromatic heterocycles. The lowest BCUT2D eigenvalue weighted by Crippen LogP contribution is -2.45. The zero-order chi connectivity index (χ0) is 17.6. The molecule has 0 bridgehead atoms. The summed E-state index contributed by atoms with van der Waals surface area (Å²) in [5.74, 6) is -0.625. The summed E-state index contributed by atoms with van der Waals surface area (Å²) in [5.41, 5.74) is 7.19. The molecule has 2 aromatic rings. The minimum atomic E-state index is -0.486. The first-order chi connectivity index (χ1) is 12.1. The zero-order valence-corrected chi connectivity index (χ0v) is 14.0. The van der Waals surface area contributed by atoms with Crippen molar-refractivity contribution in [3.8, 4) is 0 Å². The molecule has 130 valence electrons. The predicted octanol–water partition coefficient (Wildman–Crippen LogP) is 3.11. The van der Waals surface area contributed by atoms with Gasteiger partial charge in [-0.1, -0.05) is 60.7 Å². The van der Waals surface area contributed by atoms with E-state index in [1.807, 2.05) is 60.7 Å². The van der Waals surface area contributed by atoms with Gasteiger partial charge in [0.2, 0.25) is 0 Å². The Morgan fingerprint density at radius 1 is 1.00 bits per heavy atom. The van der Waals surface area contributed by atoms with Crippen LogP contribution < -0.4 is 5.73 Å². The number of nitrogens with two attached hydrogens (primary N) is 1. The molecule has 0 radical (unpaired) electrons. The zero-order valence-electron chi connectivity index (χ0n) is 14.0. The Labute approximate surface area is 147 Å². The van der Waals surface area contributed by atoms with Gasteiger partial charge < -0.3 is 15.4 Å². The molecule has 0 saturated carbocycles. The fourth-order valence-electron chi connectivity index (χ4n) is 3.17. The Bertz CT molecular complexity index is 679. The van der Waals surface area contributed by atoms with Crippen molar-refractivity contribution < 1.29 is 14.3 Å². The third-order valence-corrected chi connectivity index (χ3v) is 4.51. The van der Waals surface area contributed by atoms with Crippen molar-refractivity contribution in [2.75, 3.05) is 13.1 Å². The van der Waals surface area contributed by atoms with Crippen LogP contribution in [-0.4, -0.2) is 30.0 Å². The number of ether oxygens (including phenoxy) is 1. The third kappa shape index (κ3) is 4.18. The van der Waals surface area contributed by atoms with E-state index in [2.05, 4.69) is 0 Å². The molecule has 25 heavy (non-hydrogen) atoms. The summed E-state index contributed by atoms with van der Waals surface area (Å²) in [7, 11) is 0. The van der Waals surface area contributed by atoms with Gasteiger partial charge in [-0.2, -0.15) is 0 Å². The summed E-state index contributed by atoms with van der Waals surface area (Å²) in [5, 5.41) is 0. The van der Waals surface area contributed by atoms with Crippen LogP contribution in [0.25, 0.3) is 0 Å². The highest BCUT2D eigenvalue weighted by Gasteiger charge is 2.31. The Morgan fingerprint density at radius 3 is 2.08 bits per heavy atom. The summed E-state index contributed by atoms with van der Waals surface area (Å²) >= 11 is 0. The van der Waals surface area contributed by atoms with E-state index in [1.54, 1.807) is 0 Å². The van der Waals surface area contributed by atoms with Crippen LogP contribution in [0.15, 0.2) is 60.7 Å². The Hall–Kier alpha value is -2.82. The normalized spacial score (nSPS) is 17.3. The minimum Gasteiger partial charge on any atom is -0.452 e. The molecule has 0 aliphatic carbocycles. The van der Waals surface area contributed by atoms with E-state index in [0.717, 1.165) is 17.5 Å². The van der Waals surface area contributed by atoms with E-state index in [4.69, 9.17) is 10.5 Å². The monoisotopic (exact) mass is 338 g/mol. The number of benzene rings is 2. The molecule has 0 spiro atoms. The highest BCUT2D eigenvalue weighted by Crippen LogP contribution is 2.28. The smallest absolute Gasteiger partial charge is 0.314 e. The Kier molecular flexibility index (Phi) is 5.33. The quantitative estimate of drug-likeness (QED) is 0.871. The number of carbonyl (C=O) groups is 2. The van der Waals surface area contributed by atoms with Crippen molar-refractivity contribution in [2.45, 2.75) is 18.9 Å². The molecule has 1 fully saturated rings. The number of nitrogens with zero attached hydrogens (tertiary/aromatic N) is 1. The molecule has 5 nitrogen and oxygen atoms in total. The maximum atomic E-state index is 12.7. The van der Waals surface area contributed by atoms with E-state index < -0.39 is 12.1 Å². The number of rotatable bonds is 4. The summed E-state index contributed by atoms with van der Waals surface area (Å²) in [6, 6.07) is 18.9. The second kappa shape index (κ2) is 7.83. The van der Waals surface area contributed by atoms with Gasteiger partial charge in [-0.3, -0.25) is 4.79 Å². The van der Waals surface area contributed by atoms with Crippen LogP contribution in [-0.2, 0) is 9.53 Å². The van der Waals surface area contributed by atoms with E-state index in [9.17, 15) is 9.59 Å². The molecule has 1 atom stereocenters. The van der Waals surface area contributed by atoms with Gasteiger partial charge in [0, 0.05) is 13.1 Å². The summed E-state index contributed by atoms with van der Waals surface area (Å²) in [6.45, 7) is 0.921. The molecular weight excluding hydrogens is 316 g/mol. The third-order valence-electron chi connectivity index (χ3n) is 4.51. The van der Waals surface area contributed by atoms with Crippen molar-refractivity contribution in [1.29, 1.82) is 0 Å². The highest BCUT2D eigenvalue weighted by atomic mass is 16.5. The number of piperidine rings is 1. The SMILES string of the molecule is NC(=O)N1CCC[C@@H](C(=O)OC(c2ccccc2)c2ccccc2)C1. The van der Waals surface area contributed by atoms with Gasteiger partial charge in [0.1, 0.15) is 0 Å². The van der Waals surface area contributed by atoms with Gasteiger partial charge in [0.15, 0.2) is 6.10 Å². The number of hydrogen-bond acceptors (Lipinski definition) is 3. The Morgan fingerprint density at radius 2 is 1.56 bits per heavy atom. The largest absolute Gasteiger partial charge is 0.452 e. The maximum absolute atomic E-state index is 12.7. The molecule has 0 unspecified atom stereocenters.